The molecule has 0 spiro atoms. The highest BCUT2D eigenvalue weighted by Gasteiger charge is 2.24. The average Bonchev–Trinajstić information content (AvgIpc) is 3.51. The number of anilines is 3. The molecule has 13 heteroatoms. The van der Waals surface area contributed by atoms with Gasteiger partial charge in [-0.05, 0) is 32.4 Å². The second kappa shape index (κ2) is 10.2. The van der Waals surface area contributed by atoms with E-state index in [1.165, 1.54) is 10.9 Å². The van der Waals surface area contributed by atoms with Crippen LogP contribution in [0.1, 0.15) is 29.9 Å². The van der Waals surface area contributed by atoms with Gasteiger partial charge in [-0.25, -0.2) is 23.8 Å². The molecule has 5 rings (SSSR count). The van der Waals surface area contributed by atoms with Crippen molar-refractivity contribution in [1.82, 2.24) is 45.1 Å². The number of urea groups is 1. The molecule has 1 atom stereocenters. The predicted molar refractivity (Wildman–Crippen MR) is 135 cm³/mol. The van der Waals surface area contributed by atoms with Gasteiger partial charge in [-0.2, -0.15) is 15.2 Å². The number of hydrogen-bond donors (Lipinski definition) is 3. The summed E-state index contributed by atoms with van der Waals surface area (Å²) in [6, 6.07) is 6.96. The first-order chi connectivity index (χ1) is 17.8. The second-order valence-corrected chi connectivity index (χ2v) is 8.95. The molecule has 4 aromatic heterocycles. The molecular formula is C24H28FN11O. The van der Waals surface area contributed by atoms with Crippen LogP contribution in [0.4, 0.5) is 26.8 Å². The number of aromatic nitrogens is 7. The van der Waals surface area contributed by atoms with E-state index in [0.717, 1.165) is 23.1 Å². The summed E-state index contributed by atoms with van der Waals surface area (Å²) in [6.07, 6.45) is 4.04. The summed E-state index contributed by atoms with van der Waals surface area (Å²) in [5.41, 5.74) is 2.63. The van der Waals surface area contributed by atoms with Crippen LogP contribution < -0.4 is 15.5 Å². The van der Waals surface area contributed by atoms with Crippen molar-refractivity contribution in [2.45, 2.75) is 26.8 Å². The topological polar surface area (TPSA) is 133 Å². The maximum atomic E-state index is 13.2. The highest BCUT2D eigenvalue weighted by Crippen LogP contribution is 2.19. The van der Waals surface area contributed by atoms with Crippen LogP contribution in [0.15, 0.2) is 42.9 Å². The average molecular weight is 506 g/mol. The van der Waals surface area contributed by atoms with E-state index in [1.54, 1.807) is 17.2 Å². The van der Waals surface area contributed by atoms with Gasteiger partial charge in [-0.15, -0.1) is 0 Å². The first-order valence-electron chi connectivity index (χ1n) is 12.0. The van der Waals surface area contributed by atoms with E-state index in [0.29, 0.717) is 49.6 Å². The number of halogens is 1. The van der Waals surface area contributed by atoms with Gasteiger partial charge in [-0.3, -0.25) is 5.10 Å². The molecule has 0 aromatic carbocycles. The van der Waals surface area contributed by atoms with Crippen LogP contribution in [-0.4, -0.2) is 72.0 Å². The Morgan fingerprint density at radius 1 is 1.08 bits per heavy atom. The summed E-state index contributed by atoms with van der Waals surface area (Å²) in [4.78, 5) is 30.3. The highest BCUT2D eigenvalue weighted by atomic mass is 19.1. The number of aryl methyl sites for hydroxylation is 2. The molecule has 1 aliphatic heterocycles. The Kier molecular flexibility index (Phi) is 6.66. The molecule has 37 heavy (non-hydrogen) atoms. The Morgan fingerprint density at radius 2 is 1.89 bits per heavy atom. The molecule has 0 bridgehead atoms. The molecule has 1 saturated heterocycles. The smallest absolute Gasteiger partial charge is 0.317 e. The lowest BCUT2D eigenvalue weighted by Crippen LogP contribution is -2.52. The van der Waals surface area contributed by atoms with Crippen molar-refractivity contribution < 1.29 is 9.18 Å². The fourth-order valence-corrected chi connectivity index (χ4v) is 4.06. The predicted octanol–water partition coefficient (Wildman–Crippen LogP) is 2.87. The molecular weight excluding hydrogens is 477 g/mol. The number of aromatic amines is 1. The van der Waals surface area contributed by atoms with Gasteiger partial charge in [0.15, 0.2) is 17.5 Å². The molecule has 2 amide bonds. The number of H-pyrrole nitrogens is 1. The maximum Gasteiger partial charge on any atom is 0.317 e. The van der Waals surface area contributed by atoms with Gasteiger partial charge in [0.2, 0.25) is 5.95 Å². The Balaban J connectivity index is 1.16. The molecule has 0 aliphatic carbocycles. The van der Waals surface area contributed by atoms with Gasteiger partial charge in [0, 0.05) is 55.9 Å². The Bertz CT molecular complexity index is 1380. The van der Waals surface area contributed by atoms with Crippen molar-refractivity contribution in [2.75, 3.05) is 36.4 Å². The van der Waals surface area contributed by atoms with Crippen LogP contribution >= 0.6 is 0 Å². The Labute approximate surface area is 212 Å². The van der Waals surface area contributed by atoms with Crippen LogP contribution in [0.25, 0.3) is 5.82 Å². The standard InChI is InChI=1S/C24H28FN11O/c1-15-10-20(30-21-11-16(2)32-33-21)31-23(28-15)34-6-8-35(9-7-34)24(37)29-17(3)18-4-5-22(26-12-18)36-14-19(25)13-27-36/h4-5,10-14,17H,6-9H2,1-3H3,(H,29,37)(H2,28,30,31,32,33)/t17-/m0/s1. The lowest BCUT2D eigenvalue weighted by Gasteiger charge is -2.35. The summed E-state index contributed by atoms with van der Waals surface area (Å²) < 4.78 is 14.6. The molecule has 0 unspecified atom stereocenters. The van der Waals surface area contributed by atoms with Crippen LogP contribution in [0.2, 0.25) is 0 Å². The molecule has 3 N–H and O–H groups in total. The van der Waals surface area contributed by atoms with Crippen molar-refractivity contribution in [2.24, 2.45) is 0 Å². The van der Waals surface area contributed by atoms with Gasteiger partial charge < -0.3 is 20.4 Å². The summed E-state index contributed by atoms with van der Waals surface area (Å²) in [6.45, 7) is 8.06. The third-order valence-corrected chi connectivity index (χ3v) is 6.05. The molecule has 0 saturated carbocycles. The van der Waals surface area contributed by atoms with E-state index in [4.69, 9.17) is 0 Å². The Hall–Kier alpha value is -4.55. The molecule has 5 heterocycles. The lowest BCUT2D eigenvalue weighted by molar-refractivity contribution is 0.191. The molecule has 0 radical (unpaired) electrons. The summed E-state index contributed by atoms with van der Waals surface area (Å²) in [5, 5.41) is 17.2. The normalized spacial score (nSPS) is 14.5. The van der Waals surface area contributed by atoms with Crippen LogP contribution in [0.5, 0.6) is 0 Å². The van der Waals surface area contributed by atoms with Crippen LogP contribution in [0.3, 0.4) is 0 Å². The number of nitrogens with zero attached hydrogens (tertiary/aromatic N) is 8. The van der Waals surface area contributed by atoms with E-state index < -0.39 is 5.82 Å². The molecule has 12 nitrogen and oxygen atoms in total. The summed E-state index contributed by atoms with van der Waals surface area (Å²) in [7, 11) is 0. The van der Waals surface area contributed by atoms with Gasteiger partial charge in [0.1, 0.15) is 5.82 Å². The van der Waals surface area contributed by atoms with Crippen molar-refractivity contribution >= 4 is 23.6 Å². The zero-order chi connectivity index (χ0) is 25.9. The fraction of sp³-hybridized carbons (Fsp3) is 0.333. The number of rotatable bonds is 6. The summed E-state index contributed by atoms with van der Waals surface area (Å²) in [5.74, 6) is 2.05. The monoisotopic (exact) mass is 505 g/mol. The van der Waals surface area contributed by atoms with Gasteiger partial charge >= 0.3 is 6.03 Å². The summed E-state index contributed by atoms with van der Waals surface area (Å²) >= 11 is 0. The number of hydrogen-bond acceptors (Lipinski definition) is 8. The van der Waals surface area contributed by atoms with E-state index in [9.17, 15) is 9.18 Å². The molecule has 1 fully saturated rings. The Morgan fingerprint density at radius 3 is 2.54 bits per heavy atom. The first kappa shape index (κ1) is 24.2. The van der Waals surface area contributed by atoms with Crippen molar-refractivity contribution in [3.05, 3.63) is 65.6 Å². The van der Waals surface area contributed by atoms with Crippen molar-refractivity contribution in [3.8, 4) is 5.82 Å². The van der Waals surface area contributed by atoms with Crippen molar-refractivity contribution in [3.63, 3.8) is 0 Å². The number of amides is 2. The zero-order valence-electron chi connectivity index (χ0n) is 20.8. The number of pyridine rings is 1. The minimum atomic E-state index is -0.429. The first-order valence-corrected chi connectivity index (χ1v) is 12.0. The van der Waals surface area contributed by atoms with E-state index >= 15 is 0 Å². The molecule has 1 aliphatic rings. The van der Waals surface area contributed by atoms with Gasteiger partial charge in [-0.1, -0.05) is 6.07 Å². The minimum Gasteiger partial charge on any atom is -0.337 e. The zero-order valence-corrected chi connectivity index (χ0v) is 20.8. The van der Waals surface area contributed by atoms with Gasteiger partial charge in [0.25, 0.3) is 0 Å². The van der Waals surface area contributed by atoms with Crippen LogP contribution in [-0.2, 0) is 0 Å². The third-order valence-electron chi connectivity index (χ3n) is 6.05. The van der Waals surface area contributed by atoms with Crippen molar-refractivity contribution in [1.29, 1.82) is 0 Å². The fourth-order valence-electron chi connectivity index (χ4n) is 4.06. The van der Waals surface area contributed by atoms with E-state index in [1.807, 2.05) is 39.0 Å². The molecule has 4 aromatic rings. The largest absolute Gasteiger partial charge is 0.337 e. The number of piperazine rings is 1. The molecule has 192 valence electrons. The van der Waals surface area contributed by atoms with E-state index in [-0.39, 0.29) is 12.1 Å². The highest BCUT2D eigenvalue weighted by molar-refractivity contribution is 5.75. The third kappa shape index (κ3) is 5.66. The second-order valence-electron chi connectivity index (χ2n) is 8.95. The SMILES string of the molecule is Cc1cc(Nc2cc(C)[nH]n2)nc(N2CCN(C(=O)N[C@@H](C)c3ccc(-n4cc(F)cn4)nc3)CC2)n1. The minimum absolute atomic E-state index is 0.146. The van der Waals surface area contributed by atoms with Crippen LogP contribution in [0, 0.1) is 19.7 Å². The number of carbonyl (C=O) groups is 1. The lowest BCUT2D eigenvalue weighted by atomic mass is 10.1. The number of carbonyl (C=O) groups excluding carboxylic acids is 1. The van der Waals surface area contributed by atoms with E-state index in [2.05, 4.69) is 45.8 Å². The maximum absolute atomic E-state index is 13.2. The van der Waals surface area contributed by atoms with Gasteiger partial charge in [0.05, 0.1) is 18.4 Å². The quantitative estimate of drug-likeness (QED) is 0.364. The number of nitrogens with one attached hydrogen (secondary N) is 3.